The molecule has 2 aromatic carbocycles. The van der Waals surface area contributed by atoms with Crippen LogP contribution in [-0.4, -0.2) is 15.2 Å². The molecule has 2 aromatic heterocycles. The van der Waals surface area contributed by atoms with Gasteiger partial charge in [-0.05, 0) is 55.3 Å². The molecule has 1 saturated carbocycles. The van der Waals surface area contributed by atoms with Crippen molar-refractivity contribution in [3.8, 4) is 22.8 Å². The molecule has 0 aliphatic heterocycles. The average molecular weight is 382 g/mol. The first-order chi connectivity index (χ1) is 14.3. The Hall–Kier alpha value is -3.47. The van der Waals surface area contributed by atoms with Crippen LogP contribution in [0.5, 0.6) is 11.5 Å². The van der Waals surface area contributed by atoms with E-state index in [4.69, 9.17) is 15.5 Å². The number of hydrogen-bond acceptors (Lipinski definition) is 5. The molecule has 1 aliphatic carbocycles. The molecular formula is C24H22N4O. The predicted molar refractivity (Wildman–Crippen MR) is 115 cm³/mol. The van der Waals surface area contributed by atoms with Crippen molar-refractivity contribution < 1.29 is 4.74 Å². The third-order valence-electron chi connectivity index (χ3n) is 5.57. The Bertz CT molecular complexity index is 1140. The van der Waals surface area contributed by atoms with E-state index in [1.807, 2.05) is 54.6 Å². The number of rotatable bonds is 4. The SMILES string of the molecule is Nc1nncc2cc(C3CCCC3)nc(-c3ccc(Oc4ccccc4)cc3)c12. The number of aromatic nitrogens is 3. The zero-order chi connectivity index (χ0) is 19.6. The van der Waals surface area contributed by atoms with Crippen LogP contribution in [0.4, 0.5) is 5.82 Å². The normalized spacial score (nSPS) is 14.3. The van der Waals surface area contributed by atoms with E-state index < -0.39 is 0 Å². The average Bonchev–Trinajstić information content (AvgIpc) is 3.30. The number of anilines is 1. The Morgan fingerprint density at radius 3 is 2.38 bits per heavy atom. The first-order valence-electron chi connectivity index (χ1n) is 10.0. The van der Waals surface area contributed by atoms with Crippen molar-refractivity contribution in [2.75, 3.05) is 5.73 Å². The molecule has 0 radical (unpaired) electrons. The Labute approximate surface area is 169 Å². The topological polar surface area (TPSA) is 73.9 Å². The zero-order valence-electron chi connectivity index (χ0n) is 16.1. The quantitative estimate of drug-likeness (QED) is 0.488. The van der Waals surface area contributed by atoms with Crippen molar-refractivity contribution in [2.45, 2.75) is 31.6 Å². The summed E-state index contributed by atoms with van der Waals surface area (Å²) in [5.74, 6) is 2.51. The number of nitrogen functional groups attached to an aromatic ring is 1. The number of para-hydroxylation sites is 1. The fourth-order valence-electron chi connectivity index (χ4n) is 4.10. The lowest BCUT2D eigenvalue weighted by molar-refractivity contribution is 0.483. The highest BCUT2D eigenvalue weighted by Gasteiger charge is 2.21. The van der Waals surface area contributed by atoms with Crippen molar-refractivity contribution in [3.05, 3.63) is 72.6 Å². The van der Waals surface area contributed by atoms with E-state index in [1.54, 1.807) is 6.20 Å². The van der Waals surface area contributed by atoms with E-state index in [0.29, 0.717) is 11.7 Å². The molecule has 2 N–H and O–H groups in total. The van der Waals surface area contributed by atoms with Crippen LogP contribution in [0.25, 0.3) is 22.0 Å². The van der Waals surface area contributed by atoms with Crippen molar-refractivity contribution in [1.82, 2.24) is 15.2 Å². The van der Waals surface area contributed by atoms with Crippen molar-refractivity contribution in [1.29, 1.82) is 0 Å². The van der Waals surface area contributed by atoms with Gasteiger partial charge in [-0.1, -0.05) is 31.0 Å². The summed E-state index contributed by atoms with van der Waals surface area (Å²) >= 11 is 0. The number of nitrogens with two attached hydrogens (primary N) is 1. The second-order valence-corrected chi connectivity index (χ2v) is 7.51. The Balaban J connectivity index is 1.56. The molecule has 1 fully saturated rings. The molecule has 0 spiro atoms. The predicted octanol–water partition coefficient (Wildman–Crippen LogP) is 5.72. The van der Waals surface area contributed by atoms with E-state index in [2.05, 4.69) is 16.3 Å². The molecule has 4 aromatic rings. The van der Waals surface area contributed by atoms with Gasteiger partial charge in [0.25, 0.3) is 0 Å². The van der Waals surface area contributed by atoms with Crippen LogP contribution < -0.4 is 10.5 Å². The van der Waals surface area contributed by atoms with E-state index in [-0.39, 0.29) is 0 Å². The molecule has 2 heterocycles. The summed E-state index contributed by atoms with van der Waals surface area (Å²) < 4.78 is 5.92. The summed E-state index contributed by atoms with van der Waals surface area (Å²) in [6.07, 6.45) is 6.69. The van der Waals surface area contributed by atoms with Gasteiger partial charge in [-0.25, -0.2) is 0 Å². The minimum absolute atomic E-state index is 0.410. The number of hydrogen-bond donors (Lipinski definition) is 1. The van der Waals surface area contributed by atoms with Crippen LogP contribution in [0.2, 0.25) is 0 Å². The molecule has 5 nitrogen and oxygen atoms in total. The third kappa shape index (κ3) is 3.51. The fourth-order valence-corrected chi connectivity index (χ4v) is 4.10. The Morgan fingerprint density at radius 2 is 1.62 bits per heavy atom. The van der Waals surface area contributed by atoms with Crippen LogP contribution in [0, 0.1) is 0 Å². The molecule has 0 unspecified atom stereocenters. The highest BCUT2D eigenvalue weighted by Crippen LogP contribution is 2.38. The summed E-state index contributed by atoms with van der Waals surface area (Å²) in [5.41, 5.74) is 9.18. The van der Waals surface area contributed by atoms with Crippen molar-refractivity contribution >= 4 is 16.6 Å². The summed E-state index contributed by atoms with van der Waals surface area (Å²) in [6, 6.07) is 19.9. The van der Waals surface area contributed by atoms with E-state index >= 15 is 0 Å². The van der Waals surface area contributed by atoms with Crippen LogP contribution in [-0.2, 0) is 0 Å². The number of ether oxygens (including phenoxy) is 1. The Kier molecular flexibility index (Phi) is 4.56. The maximum atomic E-state index is 6.19. The van der Waals surface area contributed by atoms with Gasteiger partial charge in [0.15, 0.2) is 5.82 Å². The van der Waals surface area contributed by atoms with E-state index in [1.165, 1.54) is 25.7 Å². The van der Waals surface area contributed by atoms with Crippen LogP contribution >= 0.6 is 0 Å². The van der Waals surface area contributed by atoms with Gasteiger partial charge in [-0.3, -0.25) is 4.98 Å². The molecule has 1 aliphatic rings. The van der Waals surface area contributed by atoms with Crippen LogP contribution in [0.15, 0.2) is 66.9 Å². The van der Waals surface area contributed by atoms with Gasteiger partial charge < -0.3 is 10.5 Å². The lowest BCUT2D eigenvalue weighted by atomic mass is 9.98. The molecular weight excluding hydrogens is 360 g/mol. The number of pyridine rings is 1. The molecule has 0 saturated heterocycles. The van der Waals surface area contributed by atoms with Crippen molar-refractivity contribution in [2.24, 2.45) is 0 Å². The minimum atomic E-state index is 0.410. The van der Waals surface area contributed by atoms with Gasteiger partial charge in [0.05, 0.1) is 17.3 Å². The first kappa shape index (κ1) is 17.6. The minimum Gasteiger partial charge on any atom is -0.457 e. The van der Waals surface area contributed by atoms with Gasteiger partial charge in [0, 0.05) is 22.6 Å². The highest BCUT2D eigenvalue weighted by molar-refractivity contribution is 6.00. The standard InChI is InChI=1S/C24H22N4O/c25-24-22-18(15-26-28-24)14-21(16-6-4-5-7-16)27-23(22)17-10-12-20(13-11-17)29-19-8-2-1-3-9-19/h1-3,8-16H,4-7H2,(H2,25,28). The number of nitrogens with zero attached hydrogens (tertiary/aromatic N) is 3. The van der Waals surface area contributed by atoms with Gasteiger partial charge in [0.1, 0.15) is 11.5 Å². The summed E-state index contributed by atoms with van der Waals surface area (Å²) in [4.78, 5) is 5.04. The van der Waals surface area contributed by atoms with E-state index in [9.17, 15) is 0 Å². The van der Waals surface area contributed by atoms with Gasteiger partial charge in [-0.2, -0.15) is 5.10 Å². The second-order valence-electron chi connectivity index (χ2n) is 7.51. The maximum Gasteiger partial charge on any atom is 0.156 e. The number of benzene rings is 2. The second kappa shape index (κ2) is 7.51. The zero-order valence-corrected chi connectivity index (χ0v) is 16.1. The summed E-state index contributed by atoms with van der Waals surface area (Å²) in [7, 11) is 0. The maximum absolute atomic E-state index is 6.19. The van der Waals surface area contributed by atoms with Gasteiger partial charge in [0.2, 0.25) is 0 Å². The van der Waals surface area contributed by atoms with Crippen LogP contribution in [0.3, 0.4) is 0 Å². The van der Waals surface area contributed by atoms with Crippen molar-refractivity contribution in [3.63, 3.8) is 0 Å². The van der Waals surface area contributed by atoms with Gasteiger partial charge >= 0.3 is 0 Å². The molecule has 5 heteroatoms. The molecule has 0 bridgehead atoms. The van der Waals surface area contributed by atoms with Crippen LogP contribution in [0.1, 0.15) is 37.3 Å². The van der Waals surface area contributed by atoms with Gasteiger partial charge in [-0.15, -0.1) is 5.10 Å². The Morgan fingerprint density at radius 1 is 0.897 bits per heavy atom. The lowest BCUT2D eigenvalue weighted by Gasteiger charge is -2.14. The summed E-state index contributed by atoms with van der Waals surface area (Å²) in [5, 5.41) is 9.96. The molecule has 29 heavy (non-hydrogen) atoms. The molecule has 0 atom stereocenters. The third-order valence-corrected chi connectivity index (χ3v) is 5.57. The molecule has 5 rings (SSSR count). The smallest absolute Gasteiger partial charge is 0.156 e. The van der Waals surface area contributed by atoms with E-state index in [0.717, 1.165) is 39.2 Å². The molecule has 144 valence electrons. The summed E-state index contributed by atoms with van der Waals surface area (Å²) in [6.45, 7) is 0. The number of fused-ring (bicyclic) bond motifs is 1. The fraction of sp³-hybridized carbons (Fsp3) is 0.208. The lowest BCUT2D eigenvalue weighted by Crippen LogP contribution is -2.02. The highest BCUT2D eigenvalue weighted by atomic mass is 16.5. The monoisotopic (exact) mass is 382 g/mol. The molecule has 0 amide bonds. The largest absolute Gasteiger partial charge is 0.457 e. The first-order valence-corrected chi connectivity index (χ1v) is 10.0.